The highest BCUT2D eigenvalue weighted by molar-refractivity contribution is 7.98. The summed E-state index contributed by atoms with van der Waals surface area (Å²) in [5.41, 5.74) is 1.39. The summed E-state index contributed by atoms with van der Waals surface area (Å²) in [4.78, 5) is 42.7. The zero-order valence-corrected chi connectivity index (χ0v) is 26.0. The van der Waals surface area contributed by atoms with E-state index >= 15 is 0 Å². The van der Waals surface area contributed by atoms with Crippen molar-refractivity contribution in [3.05, 3.63) is 64.2 Å². The van der Waals surface area contributed by atoms with Crippen molar-refractivity contribution in [3.8, 4) is 0 Å². The molecule has 2 rings (SSSR count). The number of aryl methyl sites for hydroxylation is 2. The highest BCUT2D eigenvalue weighted by Crippen LogP contribution is 2.33. The Morgan fingerprint density at radius 3 is 2.21 bits per heavy atom. The lowest BCUT2D eigenvalue weighted by atomic mass is 9.94. The fourth-order valence-corrected chi connectivity index (χ4v) is 4.94. The van der Waals surface area contributed by atoms with Gasteiger partial charge in [-0.2, -0.15) is 11.8 Å². The molecule has 9 heteroatoms. The average Bonchev–Trinajstić information content (AvgIpc) is 2.80. The monoisotopic (exact) mass is 575 g/mol. The molecule has 0 aliphatic rings. The van der Waals surface area contributed by atoms with Crippen LogP contribution < -0.4 is 10.6 Å². The molecule has 0 bridgehead atoms. The van der Waals surface area contributed by atoms with Gasteiger partial charge in [-0.3, -0.25) is 9.59 Å². The van der Waals surface area contributed by atoms with Gasteiger partial charge in [-0.05, 0) is 91.0 Å². The number of nitrogens with zero attached hydrogens (tertiary/aromatic N) is 1. The number of anilines is 1. The number of alkyl carbamates (subject to hydrolysis) is 1. The molecule has 2 aromatic carbocycles. The first-order valence-corrected chi connectivity index (χ1v) is 14.8. The van der Waals surface area contributed by atoms with Crippen LogP contribution in [0.25, 0.3) is 0 Å². The third-order valence-electron chi connectivity index (χ3n) is 5.89. The minimum Gasteiger partial charge on any atom is -0.444 e. The quantitative estimate of drug-likeness (QED) is 0.339. The topological polar surface area (TPSA) is 87.7 Å². The summed E-state index contributed by atoms with van der Waals surface area (Å²) in [6.45, 7) is 14.7. The van der Waals surface area contributed by atoms with Gasteiger partial charge >= 0.3 is 6.09 Å². The number of halogens is 1. The van der Waals surface area contributed by atoms with Crippen molar-refractivity contribution in [2.75, 3.05) is 17.3 Å². The molecule has 2 atom stereocenters. The molecule has 0 saturated carbocycles. The minimum atomic E-state index is -0.995. The maximum absolute atomic E-state index is 14.3. The second-order valence-corrected chi connectivity index (χ2v) is 13.0. The summed E-state index contributed by atoms with van der Waals surface area (Å²) in [5.74, 6) is -0.148. The average molecular weight is 576 g/mol. The van der Waals surface area contributed by atoms with Gasteiger partial charge in [-0.25, -0.2) is 4.79 Å². The highest BCUT2D eigenvalue weighted by Gasteiger charge is 2.42. The minimum absolute atomic E-state index is 0.373. The molecule has 0 fully saturated rings. The van der Waals surface area contributed by atoms with Crippen LogP contribution in [0.2, 0.25) is 5.02 Å². The number of amides is 3. The lowest BCUT2D eigenvalue weighted by Crippen LogP contribution is -2.58. The number of rotatable bonds is 9. The molecule has 0 aromatic heterocycles. The van der Waals surface area contributed by atoms with Crippen molar-refractivity contribution in [2.24, 2.45) is 0 Å². The number of nitrogens with one attached hydrogen (secondary N) is 2. The molecule has 214 valence electrons. The van der Waals surface area contributed by atoms with Gasteiger partial charge in [0.05, 0.1) is 10.7 Å². The Hall–Kier alpha value is -2.71. The Morgan fingerprint density at radius 1 is 1.03 bits per heavy atom. The number of carbonyl (C=O) groups excluding carboxylic acids is 3. The van der Waals surface area contributed by atoms with Crippen LogP contribution in [-0.2, 0) is 14.3 Å². The van der Waals surface area contributed by atoms with Crippen LogP contribution in [0.15, 0.2) is 42.5 Å². The smallest absolute Gasteiger partial charge is 0.408 e. The van der Waals surface area contributed by atoms with Gasteiger partial charge in [-0.15, -0.1) is 0 Å². The van der Waals surface area contributed by atoms with Crippen LogP contribution in [-0.4, -0.2) is 52.0 Å². The maximum atomic E-state index is 14.3. The Balaban J connectivity index is 2.61. The molecule has 0 aliphatic carbocycles. The van der Waals surface area contributed by atoms with E-state index in [-0.39, 0.29) is 5.91 Å². The molecule has 2 N–H and O–H groups in total. The molecule has 2 aromatic rings. The van der Waals surface area contributed by atoms with Crippen LogP contribution in [0.4, 0.5) is 10.5 Å². The standard InChI is InChI=1S/C30H42ClN3O4S/c1-19-12-10-14-21(18-19)25(26(35)33-24-20(2)13-11-15-22(24)31)34(29(3,4)5)27(36)23(16-17-39-9)32-28(37)38-30(6,7)8/h10-15,18,23,25H,16-17H2,1-9H3,(H,32,37)(H,33,35). The number of para-hydroxylation sites is 1. The van der Waals surface area contributed by atoms with Crippen molar-refractivity contribution < 1.29 is 19.1 Å². The summed E-state index contributed by atoms with van der Waals surface area (Å²) in [5, 5.41) is 6.15. The van der Waals surface area contributed by atoms with E-state index in [1.54, 1.807) is 43.5 Å². The fourth-order valence-electron chi connectivity index (χ4n) is 4.20. The number of thioether (sulfide) groups is 1. The van der Waals surface area contributed by atoms with E-state index in [1.807, 2.05) is 77.3 Å². The van der Waals surface area contributed by atoms with Crippen LogP contribution in [0, 0.1) is 13.8 Å². The third-order valence-corrected chi connectivity index (χ3v) is 6.85. The van der Waals surface area contributed by atoms with E-state index in [9.17, 15) is 14.4 Å². The first-order valence-electron chi connectivity index (χ1n) is 13.0. The number of benzene rings is 2. The van der Waals surface area contributed by atoms with E-state index in [0.29, 0.717) is 28.4 Å². The summed E-state index contributed by atoms with van der Waals surface area (Å²) >= 11 is 8.01. The van der Waals surface area contributed by atoms with Gasteiger partial charge in [0.25, 0.3) is 5.91 Å². The van der Waals surface area contributed by atoms with Crippen LogP contribution in [0.3, 0.4) is 0 Å². The molecule has 2 unspecified atom stereocenters. The SMILES string of the molecule is CSCCC(NC(=O)OC(C)(C)C)C(=O)N(C(C(=O)Nc1c(C)cccc1Cl)c1cccc(C)c1)C(C)(C)C. The third kappa shape index (κ3) is 9.46. The lowest BCUT2D eigenvalue weighted by molar-refractivity contribution is -0.146. The molecule has 3 amide bonds. The molecule has 0 heterocycles. The first kappa shape index (κ1) is 32.5. The van der Waals surface area contributed by atoms with Crippen molar-refractivity contribution in [2.45, 2.75) is 85.0 Å². The van der Waals surface area contributed by atoms with Crippen molar-refractivity contribution >= 4 is 47.0 Å². The Labute approximate surface area is 242 Å². The van der Waals surface area contributed by atoms with E-state index in [0.717, 1.165) is 11.1 Å². The number of carbonyl (C=O) groups is 3. The molecular weight excluding hydrogens is 534 g/mol. The van der Waals surface area contributed by atoms with Gasteiger partial charge in [0.15, 0.2) is 0 Å². The molecule has 0 spiro atoms. The number of hydrogen-bond donors (Lipinski definition) is 2. The molecular formula is C30H42ClN3O4S. The number of hydrogen-bond acceptors (Lipinski definition) is 5. The van der Waals surface area contributed by atoms with Gasteiger partial charge in [0, 0.05) is 5.54 Å². The molecule has 7 nitrogen and oxygen atoms in total. The molecule has 0 radical (unpaired) electrons. The normalized spacial score (nSPS) is 13.3. The summed E-state index contributed by atoms with van der Waals surface area (Å²) in [6.07, 6.45) is 1.63. The van der Waals surface area contributed by atoms with E-state index in [1.165, 1.54) is 0 Å². The van der Waals surface area contributed by atoms with Crippen molar-refractivity contribution in [1.82, 2.24) is 10.2 Å². The lowest BCUT2D eigenvalue weighted by Gasteiger charge is -2.43. The van der Waals surface area contributed by atoms with Crippen LogP contribution in [0.1, 0.15) is 70.7 Å². The van der Waals surface area contributed by atoms with Gasteiger partial charge in [0.1, 0.15) is 17.7 Å². The van der Waals surface area contributed by atoms with Gasteiger partial charge in [-0.1, -0.05) is 53.6 Å². The van der Waals surface area contributed by atoms with E-state index in [4.69, 9.17) is 16.3 Å². The second-order valence-electron chi connectivity index (χ2n) is 11.6. The van der Waals surface area contributed by atoms with Crippen molar-refractivity contribution in [3.63, 3.8) is 0 Å². The van der Waals surface area contributed by atoms with Crippen LogP contribution in [0.5, 0.6) is 0 Å². The highest BCUT2D eigenvalue weighted by atomic mass is 35.5. The van der Waals surface area contributed by atoms with Crippen LogP contribution >= 0.6 is 23.4 Å². The summed E-state index contributed by atoms with van der Waals surface area (Å²) < 4.78 is 5.46. The first-order chi connectivity index (χ1) is 18.0. The largest absolute Gasteiger partial charge is 0.444 e. The Bertz CT molecular complexity index is 1150. The summed E-state index contributed by atoms with van der Waals surface area (Å²) in [6, 6.07) is 11.0. The predicted molar refractivity (Wildman–Crippen MR) is 161 cm³/mol. The predicted octanol–water partition coefficient (Wildman–Crippen LogP) is 6.91. The van der Waals surface area contributed by atoms with Crippen molar-refractivity contribution in [1.29, 1.82) is 0 Å². The summed E-state index contributed by atoms with van der Waals surface area (Å²) in [7, 11) is 0. The van der Waals surface area contributed by atoms with E-state index in [2.05, 4.69) is 10.6 Å². The number of ether oxygens (including phenoxy) is 1. The fraction of sp³-hybridized carbons (Fsp3) is 0.500. The maximum Gasteiger partial charge on any atom is 0.408 e. The zero-order valence-electron chi connectivity index (χ0n) is 24.5. The molecule has 0 aliphatic heterocycles. The zero-order chi connectivity index (χ0) is 29.5. The Morgan fingerprint density at radius 2 is 1.67 bits per heavy atom. The van der Waals surface area contributed by atoms with Gasteiger partial charge < -0.3 is 20.3 Å². The molecule has 39 heavy (non-hydrogen) atoms. The van der Waals surface area contributed by atoms with E-state index < -0.39 is 35.2 Å². The molecule has 0 saturated heterocycles. The van der Waals surface area contributed by atoms with Gasteiger partial charge in [0.2, 0.25) is 5.91 Å². The second kappa shape index (κ2) is 13.6. The Kier molecular flexibility index (Phi) is 11.3.